The third-order valence-corrected chi connectivity index (χ3v) is 4.91. The van der Waals surface area contributed by atoms with Gasteiger partial charge in [0.2, 0.25) is 0 Å². The quantitative estimate of drug-likeness (QED) is 0.831. The van der Waals surface area contributed by atoms with E-state index in [1.807, 2.05) is 4.90 Å². The Hall–Kier alpha value is -2.52. The zero-order chi connectivity index (χ0) is 17.8. The van der Waals surface area contributed by atoms with Gasteiger partial charge >= 0.3 is 6.03 Å². The van der Waals surface area contributed by atoms with Gasteiger partial charge in [-0.15, -0.1) is 0 Å². The number of carbonyl (C=O) groups excluding carboxylic acids is 1. The predicted molar refractivity (Wildman–Crippen MR) is 103 cm³/mol. The molecule has 3 rings (SSSR count). The van der Waals surface area contributed by atoms with Crippen molar-refractivity contribution in [3.8, 4) is 6.07 Å². The molecule has 0 saturated carbocycles. The van der Waals surface area contributed by atoms with E-state index in [0.717, 1.165) is 23.2 Å². The van der Waals surface area contributed by atoms with E-state index in [0.29, 0.717) is 24.3 Å². The van der Waals surface area contributed by atoms with E-state index in [2.05, 4.69) is 57.3 Å². The predicted octanol–water partition coefficient (Wildman–Crippen LogP) is 3.98. The van der Waals surface area contributed by atoms with Gasteiger partial charge < -0.3 is 15.1 Å². The fourth-order valence-electron chi connectivity index (χ4n) is 2.85. The highest BCUT2D eigenvalue weighted by Crippen LogP contribution is 2.28. The largest absolute Gasteiger partial charge is 0.367 e. The number of nitrogens with zero attached hydrogens (tertiary/aromatic N) is 3. The fourth-order valence-corrected chi connectivity index (χ4v) is 3.59. The van der Waals surface area contributed by atoms with Crippen LogP contribution in [0.25, 0.3) is 0 Å². The van der Waals surface area contributed by atoms with Gasteiger partial charge in [0.25, 0.3) is 0 Å². The van der Waals surface area contributed by atoms with E-state index >= 15 is 0 Å². The maximum absolute atomic E-state index is 12.4. The normalized spacial score (nSPS) is 14.1. The number of aryl methyl sites for hydroxylation is 1. The van der Waals surface area contributed by atoms with Gasteiger partial charge in [-0.05, 0) is 64.8 Å². The summed E-state index contributed by atoms with van der Waals surface area (Å²) in [4.78, 5) is 16.5. The number of rotatable bonds is 2. The Labute approximate surface area is 156 Å². The van der Waals surface area contributed by atoms with Crippen LogP contribution < -0.4 is 10.2 Å². The van der Waals surface area contributed by atoms with Crippen LogP contribution in [-0.4, -0.2) is 37.1 Å². The van der Waals surface area contributed by atoms with Gasteiger partial charge in [-0.2, -0.15) is 5.26 Å². The molecule has 0 radical (unpaired) electrons. The third kappa shape index (κ3) is 4.12. The lowest BCUT2D eigenvalue weighted by molar-refractivity contribution is 0.208. The molecule has 2 aromatic rings. The van der Waals surface area contributed by atoms with Crippen molar-refractivity contribution in [3.05, 3.63) is 58.1 Å². The first-order valence-corrected chi connectivity index (χ1v) is 8.93. The second-order valence-corrected chi connectivity index (χ2v) is 6.90. The van der Waals surface area contributed by atoms with Crippen LogP contribution in [0, 0.1) is 18.3 Å². The van der Waals surface area contributed by atoms with Crippen LogP contribution in [0.2, 0.25) is 0 Å². The Bertz CT molecular complexity index is 805. The number of carbonyl (C=O) groups is 1. The Morgan fingerprint density at radius 1 is 1.12 bits per heavy atom. The summed E-state index contributed by atoms with van der Waals surface area (Å²) in [5, 5.41) is 11.7. The number of amides is 2. The molecule has 0 spiro atoms. The molecule has 6 heteroatoms. The number of benzene rings is 2. The topological polar surface area (TPSA) is 59.4 Å². The number of piperazine rings is 1. The van der Waals surface area contributed by atoms with Gasteiger partial charge in [-0.25, -0.2) is 4.79 Å². The molecule has 5 nitrogen and oxygen atoms in total. The van der Waals surface area contributed by atoms with Gasteiger partial charge in [0, 0.05) is 36.3 Å². The van der Waals surface area contributed by atoms with Crippen LogP contribution >= 0.6 is 15.9 Å². The summed E-state index contributed by atoms with van der Waals surface area (Å²) >= 11 is 3.63. The van der Waals surface area contributed by atoms with Crippen molar-refractivity contribution < 1.29 is 4.79 Å². The van der Waals surface area contributed by atoms with Crippen LogP contribution in [0.15, 0.2) is 46.9 Å². The first-order valence-electron chi connectivity index (χ1n) is 8.14. The Kier molecular flexibility index (Phi) is 5.25. The highest BCUT2D eigenvalue weighted by atomic mass is 79.9. The highest BCUT2D eigenvalue weighted by Gasteiger charge is 2.22. The van der Waals surface area contributed by atoms with E-state index < -0.39 is 0 Å². The molecule has 2 amide bonds. The van der Waals surface area contributed by atoms with Gasteiger partial charge in [0.05, 0.1) is 17.3 Å². The summed E-state index contributed by atoms with van der Waals surface area (Å²) in [7, 11) is 0. The minimum absolute atomic E-state index is 0.104. The average Bonchev–Trinajstić information content (AvgIpc) is 2.62. The SMILES string of the molecule is Cc1ccc(N2CCN(C(=O)Nc3ccc(C#N)cc3)CC2)c(Br)c1. The zero-order valence-electron chi connectivity index (χ0n) is 14.0. The van der Waals surface area contributed by atoms with Crippen molar-refractivity contribution in [2.75, 3.05) is 36.4 Å². The summed E-state index contributed by atoms with van der Waals surface area (Å²) in [5.41, 5.74) is 3.66. The van der Waals surface area contributed by atoms with Gasteiger partial charge in [0.15, 0.2) is 0 Å². The summed E-state index contributed by atoms with van der Waals surface area (Å²) in [6, 6.07) is 15.2. The summed E-state index contributed by atoms with van der Waals surface area (Å²) in [6.45, 7) is 5.00. The molecular weight excluding hydrogens is 380 g/mol. The number of hydrogen-bond donors (Lipinski definition) is 1. The van der Waals surface area contributed by atoms with E-state index in [-0.39, 0.29) is 6.03 Å². The standard InChI is InChI=1S/C19H19BrN4O/c1-14-2-7-18(17(20)12-14)23-8-10-24(11-9-23)19(25)22-16-5-3-15(13-21)4-6-16/h2-7,12H,8-11H2,1H3,(H,22,25). The molecule has 0 unspecified atom stereocenters. The maximum Gasteiger partial charge on any atom is 0.321 e. The second-order valence-electron chi connectivity index (χ2n) is 6.05. The second kappa shape index (κ2) is 7.58. The van der Waals surface area contributed by atoms with Crippen LogP contribution in [-0.2, 0) is 0 Å². The number of nitrogens with one attached hydrogen (secondary N) is 1. The molecule has 0 aliphatic carbocycles. The van der Waals surface area contributed by atoms with Crippen molar-refractivity contribution in [2.45, 2.75) is 6.92 Å². The van der Waals surface area contributed by atoms with Crippen LogP contribution in [0.5, 0.6) is 0 Å². The first-order chi connectivity index (χ1) is 12.1. The summed E-state index contributed by atoms with van der Waals surface area (Å²) in [6.07, 6.45) is 0. The highest BCUT2D eigenvalue weighted by molar-refractivity contribution is 9.10. The van der Waals surface area contributed by atoms with Gasteiger partial charge in [-0.1, -0.05) is 6.07 Å². The molecule has 0 aromatic heterocycles. The fraction of sp³-hybridized carbons (Fsp3) is 0.263. The number of hydrogen-bond acceptors (Lipinski definition) is 3. The Balaban J connectivity index is 1.57. The monoisotopic (exact) mass is 398 g/mol. The molecule has 1 heterocycles. The summed E-state index contributed by atoms with van der Waals surface area (Å²) in [5.74, 6) is 0. The lowest BCUT2D eigenvalue weighted by atomic mass is 10.2. The summed E-state index contributed by atoms with van der Waals surface area (Å²) < 4.78 is 1.09. The molecule has 2 aromatic carbocycles. The molecule has 1 N–H and O–H groups in total. The minimum Gasteiger partial charge on any atom is -0.367 e. The Morgan fingerprint density at radius 3 is 2.40 bits per heavy atom. The number of anilines is 2. The molecule has 1 fully saturated rings. The Morgan fingerprint density at radius 2 is 1.80 bits per heavy atom. The zero-order valence-corrected chi connectivity index (χ0v) is 15.6. The van der Waals surface area contributed by atoms with E-state index in [9.17, 15) is 4.79 Å². The molecule has 1 aliphatic heterocycles. The molecular formula is C19H19BrN4O. The lowest BCUT2D eigenvalue weighted by Gasteiger charge is -2.36. The lowest BCUT2D eigenvalue weighted by Crippen LogP contribution is -2.50. The molecule has 0 atom stereocenters. The van der Waals surface area contributed by atoms with Gasteiger partial charge in [0.1, 0.15) is 0 Å². The van der Waals surface area contributed by atoms with Crippen molar-refractivity contribution in [3.63, 3.8) is 0 Å². The van der Waals surface area contributed by atoms with Crippen LogP contribution in [0.3, 0.4) is 0 Å². The van der Waals surface area contributed by atoms with E-state index in [4.69, 9.17) is 5.26 Å². The molecule has 128 valence electrons. The molecule has 1 saturated heterocycles. The van der Waals surface area contributed by atoms with Crippen LogP contribution in [0.4, 0.5) is 16.2 Å². The van der Waals surface area contributed by atoms with Crippen LogP contribution in [0.1, 0.15) is 11.1 Å². The van der Waals surface area contributed by atoms with E-state index in [1.165, 1.54) is 5.56 Å². The average molecular weight is 399 g/mol. The molecule has 0 bridgehead atoms. The number of nitriles is 1. The number of halogens is 1. The third-order valence-electron chi connectivity index (χ3n) is 4.28. The van der Waals surface area contributed by atoms with Crippen molar-refractivity contribution in [1.82, 2.24) is 4.90 Å². The molecule has 25 heavy (non-hydrogen) atoms. The number of urea groups is 1. The van der Waals surface area contributed by atoms with Crippen molar-refractivity contribution in [2.24, 2.45) is 0 Å². The smallest absolute Gasteiger partial charge is 0.321 e. The van der Waals surface area contributed by atoms with E-state index in [1.54, 1.807) is 24.3 Å². The maximum atomic E-state index is 12.4. The first kappa shape index (κ1) is 17.3. The van der Waals surface area contributed by atoms with Crippen molar-refractivity contribution >= 4 is 33.3 Å². The van der Waals surface area contributed by atoms with Gasteiger partial charge in [-0.3, -0.25) is 0 Å². The molecule has 1 aliphatic rings. The van der Waals surface area contributed by atoms with Crippen molar-refractivity contribution in [1.29, 1.82) is 5.26 Å². The minimum atomic E-state index is -0.104.